The topological polar surface area (TPSA) is 136 Å². The number of halogens is 2. The Balaban J connectivity index is 0.00000294. The first-order valence-electron chi connectivity index (χ1n) is 12.1. The predicted octanol–water partition coefficient (Wildman–Crippen LogP) is 4.39. The molecule has 0 amide bonds. The van der Waals surface area contributed by atoms with Gasteiger partial charge in [0.05, 0.1) is 11.9 Å². The summed E-state index contributed by atoms with van der Waals surface area (Å²) in [4.78, 5) is 11.8. The van der Waals surface area contributed by atoms with E-state index >= 15 is 0 Å². The van der Waals surface area contributed by atoms with Crippen LogP contribution in [0.4, 0.5) is 10.4 Å². The van der Waals surface area contributed by atoms with Crippen LogP contribution in [0.15, 0.2) is 28.9 Å². The van der Waals surface area contributed by atoms with Gasteiger partial charge in [-0.25, -0.2) is 13.9 Å². The van der Waals surface area contributed by atoms with E-state index < -0.39 is 5.82 Å². The number of fused-ring (bicyclic) bond motifs is 1. The summed E-state index contributed by atoms with van der Waals surface area (Å²) in [5.74, 6) is 1.25. The molecule has 0 aliphatic carbocycles. The fourth-order valence-corrected chi connectivity index (χ4v) is 5.23. The Morgan fingerprint density at radius 3 is 2.66 bits per heavy atom. The van der Waals surface area contributed by atoms with Crippen LogP contribution in [0.1, 0.15) is 45.4 Å². The number of H-pyrrole nitrogens is 1. The standard InChI is InChI=1S/C23H25FN10O2S.ClH/c1-12(2)19-26-21(36-30-19)33-8-6-14(7-9-33)13(3)35-23-29-34-11-18(25-22(34)37-23)16-5-4-15(10-17(16)24)20-27-31-32-28-20;/h4-5,10-14H,6-9H2,1-3H3,(H,27,28,31,32);1H/t13-;/m1./s1. The van der Waals surface area contributed by atoms with Crippen LogP contribution in [0.5, 0.6) is 5.19 Å². The van der Waals surface area contributed by atoms with Crippen LogP contribution in [0.2, 0.25) is 0 Å². The number of hydrogen-bond donors (Lipinski definition) is 1. The number of aromatic nitrogens is 9. The Bertz CT molecular complexity index is 1480. The van der Waals surface area contributed by atoms with Crippen LogP contribution in [0, 0.1) is 11.7 Å². The van der Waals surface area contributed by atoms with E-state index in [1.54, 1.807) is 22.8 Å². The summed E-state index contributed by atoms with van der Waals surface area (Å²) in [5.41, 5.74) is 1.39. The lowest BCUT2D eigenvalue weighted by molar-refractivity contribution is 0.130. The molecule has 1 aliphatic rings. The molecular weight excluding hydrogens is 535 g/mol. The Morgan fingerprint density at radius 1 is 1.18 bits per heavy atom. The normalized spacial score (nSPS) is 15.2. The highest BCUT2D eigenvalue weighted by Gasteiger charge is 2.28. The van der Waals surface area contributed by atoms with Gasteiger partial charge in [0.2, 0.25) is 10.8 Å². The number of ether oxygens (including phenoxy) is 1. The summed E-state index contributed by atoms with van der Waals surface area (Å²) in [7, 11) is 0. The van der Waals surface area contributed by atoms with Crippen molar-refractivity contribution in [2.75, 3.05) is 18.0 Å². The molecule has 5 heterocycles. The van der Waals surface area contributed by atoms with Crippen molar-refractivity contribution in [1.29, 1.82) is 0 Å². The van der Waals surface area contributed by atoms with E-state index in [0.29, 0.717) is 44.7 Å². The first kappa shape index (κ1) is 26.0. The van der Waals surface area contributed by atoms with Crippen LogP contribution < -0.4 is 9.64 Å². The molecule has 1 aliphatic heterocycles. The van der Waals surface area contributed by atoms with Gasteiger partial charge in [0, 0.05) is 30.1 Å². The molecule has 1 atom stereocenters. The third-order valence-electron chi connectivity index (χ3n) is 6.58. The van der Waals surface area contributed by atoms with Crippen LogP contribution in [-0.4, -0.2) is 64.6 Å². The summed E-state index contributed by atoms with van der Waals surface area (Å²) >= 11 is 1.33. The highest BCUT2D eigenvalue weighted by Crippen LogP contribution is 2.32. The SMILES string of the molecule is CC(C)c1noc(N2CCC([C@@H](C)Oc3nn4cc(-c5ccc(-c6nn[nH]n6)cc5F)nc4s3)CC2)n1.Cl. The molecule has 1 saturated heterocycles. The number of nitrogens with zero attached hydrogens (tertiary/aromatic N) is 9. The zero-order valence-electron chi connectivity index (χ0n) is 20.9. The van der Waals surface area contributed by atoms with Crippen molar-refractivity contribution in [3.63, 3.8) is 0 Å². The monoisotopic (exact) mass is 560 g/mol. The van der Waals surface area contributed by atoms with Crippen molar-refractivity contribution in [3.8, 4) is 27.8 Å². The molecule has 38 heavy (non-hydrogen) atoms. The van der Waals surface area contributed by atoms with Crippen LogP contribution in [0.25, 0.3) is 27.6 Å². The highest BCUT2D eigenvalue weighted by atomic mass is 35.5. The number of nitrogens with one attached hydrogen (secondary N) is 1. The summed E-state index contributed by atoms with van der Waals surface area (Å²) in [6, 6.07) is 5.34. The molecule has 0 saturated carbocycles. The number of imidazole rings is 1. The second-order valence-electron chi connectivity index (χ2n) is 9.39. The molecule has 200 valence electrons. The lowest BCUT2D eigenvalue weighted by Gasteiger charge is -2.33. The largest absolute Gasteiger partial charge is 0.466 e. The van der Waals surface area contributed by atoms with E-state index in [-0.39, 0.29) is 24.4 Å². The molecule has 1 N–H and O–H groups in total. The number of benzene rings is 1. The number of hydrogen-bond acceptors (Lipinski definition) is 11. The number of anilines is 1. The smallest absolute Gasteiger partial charge is 0.324 e. The van der Waals surface area contributed by atoms with Gasteiger partial charge in [-0.05, 0) is 54.4 Å². The summed E-state index contributed by atoms with van der Waals surface area (Å²) in [5, 5.41) is 22.7. The van der Waals surface area contributed by atoms with E-state index in [2.05, 4.69) is 52.7 Å². The zero-order valence-corrected chi connectivity index (χ0v) is 22.5. The molecule has 0 unspecified atom stereocenters. The first-order valence-corrected chi connectivity index (χ1v) is 12.9. The molecule has 0 radical (unpaired) electrons. The van der Waals surface area contributed by atoms with Gasteiger partial charge in [-0.15, -0.1) is 27.7 Å². The first-order chi connectivity index (χ1) is 17.9. The second kappa shape index (κ2) is 10.6. The minimum absolute atomic E-state index is 0. The van der Waals surface area contributed by atoms with Gasteiger partial charge in [0.1, 0.15) is 11.9 Å². The van der Waals surface area contributed by atoms with Gasteiger partial charge in [0.15, 0.2) is 5.82 Å². The predicted molar refractivity (Wildman–Crippen MR) is 140 cm³/mol. The molecule has 1 aromatic carbocycles. The molecule has 0 bridgehead atoms. The van der Waals surface area contributed by atoms with Gasteiger partial charge in [-0.3, -0.25) is 0 Å². The maximum absolute atomic E-state index is 14.8. The molecular formula is C23H26ClFN10O2S. The van der Waals surface area contributed by atoms with Crippen molar-refractivity contribution in [2.45, 2.75) is 45.6 Å². The maximum atomic E-state index is 14.8. The molecule has 6 rings (SSSR count). The third kappa shape index (κ3) is 5.05. The molecule has 0 spiro atoms. The fraction of sp³-hybridized carbons (Fsp3) is 0.435. The van der Waals surface area contributed by atoms with Gasteiger partial charge in [-0.2, -0.15) is 10.2 Å². The number of piperidine rings is 1. The van der Waals surface area contributed by atoms with Gasteiger partial charge in [0.25, 0.3) is 5.19 Å². The molecule has 1 fully saturated rings. The number of aromatic amines is 1. The van der Waals surface area contributed by atoms with Crippen molar-refractivity contribution < 1.29 is 13.7 Å². The zero-order chi connectivity index (χ0) is 25.5. The average Bonchev–Trinajstić information content (AvgIpc) is 3.68. The summed E-state index contributed by atoms with van der Waals surface area (Å²) in [6.45, 7) is 7.83. The molecule has 12 nitrogen and oxygen atoms in total. The quantitative estimate of drug-likeness (QED) is 0.305. The van der Waals surface area contributed by atoms with E-state index in [1.165, 1.54) is 17.4 Å². The lowest BCUT2D eigenvalue weighted by atomic mass is 9.92. The number of tetrazole rings is 1. The number of rotatable bonds is 7. The van der Waals surface area contributed by atoms with Gasteiger partial charge in [-0.1, -0.05) is 25.1 Å². The van der Waals surface area contributed by atoms with Crippen molar-refractivity contribution in [3.05, 3.63) is 36.0 Å². The van der Waals surface area contributed by atoms with E-state index in [4.69, 9.17) is 9.26 Å². The fourth-order valence-electron chi connectivity index (χ4n) is 4.41. The van der Waals surface area contributed by atoms with Gasteiger partial charge < -0.3 is 14.2 Å². The van der Waals surface area contributed by atoms with Crippen LogP contribution in [-0.2, 0) is 0 Å². The highest BCUT2D eigenvalue weighted by molar-refractivity contribution is 7.18. The Labute approximate surface area is 227 Å². The van der Waals surface area contributed by atoms with E-state index in [0.717, 1.165) is 31.8 Å². The summed E-state index contributed by atoms with van der Waals surface area (Å²) < 4.78 is 28.0. The lowest BCUT2D eigenvalue weighted by Crippen LogP contribution is -2.38. The molecule has 4 aromatic heterocycles. The molecule has 5 aromatic rings. The van der Waals surface area contributed by atoms with Crippen LogP contribution >= 0.6 is 23.7 Å². The van der Waals surface area contributed by atoms with Crippen molar-refractivity contribution in [2.24, 2.45) is 5.92 Å². The van der Waals surface area contributed by atoms with Crippen molar-refractivity contribution >= 4 is 34.7 Å². The Hall–Kier alpha value is -3.65. The Kier molecular flexibility index (Phi) is 7.25. The molecule has 15 heteroatoms. The van der Waals surface area contributed by atoms with Crippen LogP contribution in [0.3, 0.4) is 0 Å². The van der Waals surface area contributed by atoms with Crippen molar-refractivity contribution in [1.82, 2.24) is 45.4 Å². The minimum atomic E-state index is -0.426. The summed E-state index contributed by atoms with van der Waals surface area (Å²) in [6.07, 6.45) is 3.59. The van der Waals surface area contributed by atoms with Gasteiger partial charge >= 0.3 is 6.01 Å². The minimum Gasteiger partial charge on any atom is -0.466 e. The van der Waals surface area contributed by atoms with E-state index in [9.17, 15) is 4.39 Å². The van der Waals surface area contributed by atoms with E-state index in [1.807, 2.05) is 13.8 Å². The average molecular weight is 561 g/mol. The Morgan fingerprint density at radius 2 is 2.00 bits per heavy atom. The second-order valence-corrected chi connectivity index (χ2v) is 10.3. The third-order valence-corrected chi connectivity index (χ3v) is 7.39. The maximum Gasteiger partial charge on any atom is 0.324 e.